The zero-order valence-electron chi connectivity index (χ0n) is 21.4. The Balaban J connectivity index is 1.66. The fourth-order valence-corrected chi connectivity index (χ4v) is 6.52. The molecule has 2 amide bonds. The normalized spacial score (nSPS) is 25.2. The standard InChI is InChI=1S/C29H27N3O8/c1-39-26-17(12-34)40-29(25(36)24(26)35)32-16-9-5-3-7-14(16)19-21-20(27(37)31(10-11-33)28(21)38)18-13-6-2-4-8-15(13)30-22(18)23(19)32/h2-9,17,24-26,29-30,33-36H,10-12H2,1H3/t17-,24-,25-,26-,29?/m1/s1. The number of aromatic amines is 1. The monoisotopic (exact) mass is 545 g/mol. The lowest BCUT2D eigenvalue weighted by molar-refractivity contribution is -0.255. The van der Waals surface area contributed by atoms with Crippen LogP contribution in [0.1, 0.15) is 26.9 Å². The predicted octanol–water partition coefficient (Wildman–Crippen LogP) is 1.64. The molecule has 0 saturated carbocycles. The Labute approximate surface area is 226 Å². The average molecular weight is 546 g/mol. The van der Waals surface area contributed by atoms with Crippen molar-refractivity contribution in [3.05, 3.63) is 59.7 Å². The van der Waals surface area contributed by atoms with Crippen molar-refractivity contribution in [3.8, 4) is 0 Å². The topological polar surface area (TPSA) is 157 Å². The Hall–Kier alpha value is -3.84. The molecule has 7 rings (SSSR count). The summed E-state index contributed by atoms with van der Waals surface area (Å²) in [5.74, 6) is -1.01. The first-order chi connectivity index (χ1) is 19.4. The van der Waals surface area contributed by atoms with Gasteiger partial charge in [0.05, 0.1) is 47.4 Å². The van der Waals surface area contributed by atoms with Gasteiger partial charge in [0.15, 0.2) is 6.23 Å². The number of para-hydroxylation sites is 2. The van der Waals surface area contributed by atoms with E-state index >= 15 is 0 Å². The van der Waals surface area contributed by atoms with Gasteiger partial charge in [0.25, 0.3) is 11.8 Å². The summed E-state index contributed by atoms with van der Waals surface area (Å²) in [5, 5.41) is 44.4. The Bertz CT molecular complexity index is 1840. The summed E-state index contributed by atoms with van der Waals surface area (Å²) in [6.07, 6.45) is -5.92. The van der Waals surface area contributed by atoms with Crippen molar-refractivity contribution in [3.63, 3.8) is 0 Å². The maximum absolute atomic E-state index is 13.8. The predicted molar refractivity (Wildman–Crippen MR) is 145 cm³/mol. The van der Waals surface area contributed by atoms with Crippen LogP contribution in [0.4, 0.5) is 0 Å². The third-order valence-corrected chi connectivity index (χ3v) is 8.21. The number of aromatic nitrogens is 2. The van der Waals surface area contributed by atoms with E-state index in [-0.39, 0.29) is 24.3 Å². The second-order valence-corrected chi connectivity index (χ2v) is 10.2. The number of aliphatic hydroxyl groups is 4. The number of nitrogens with zero attached hydrogens (tertiary/aromatic N) is 2. The van der Waals surface area contributed by atoms with E-state index in [2.05, 4.69) is 4.98 Å². The molecule has 206 valence electrons. The number of benzene rings is 3. The Morgan fingerprint density at radius 1 is 0.925 bits per heavy atom. The molecular weight excluding hydrogens is 518 g/mol. The van der Waals surface area contributed by atoms with Crippen LogP contribution >= 0.6 is 0 Å². The number of H-pyrrole nitrogens is 1. The molecule has 0 bridgehead atoms. The van der Waals surface area contributed by atoms with Gasteiger partial charge in [-0.15, -0.1) is 0 Å². The van der Waals surface area contributed by atoms with E-state index in [1.165, 1.54) is 7.11 Å². The lowest BCUT2D eigenvalue weighted by Gasteiger charge is -2.42. The van der Waals surface area contributed by atoms with E-state index < -0.39 is 49.1 Å². The molecular formula is C29H27N3O8. The molecule has 4 heterocycles. The van der Waals surface area contributed by atoms with Crippen LogP contribution in [0.15, 0.2) is 48.5 Å². The Morgan fingerprint density at radius 2 is 1.60 bits per heavy atom. The van der Waals surface area contributed by atoms with Gasteiger partial charge in [-0.25, -0.2) is 0 Å². The van der Waals surface area contributed by atoms with Gasteiger partial charge in [0.1, 0.15) is 24.4 Å². The van der Waals surface area contributed by atoms with E-state index in [0.717, 1.165) is 15.8 Å². The highest BCUT2D eigenvalue weighted by molar-refractivity contribution is 6.39. The molecule has 1 unspecified atom stereocenters. The van der Waals surface area contributed by atoms with Crippen molar-refractivity contribution in [2.75, 3.05) is 26.9 Å². The number of nitrogens with one attached hydrogen (secondary N) is 1. The molecule has 0 spiro atoms. The van der Waals surface area contributed by atoms with Gasteiger partial charge >= 0.3 is 0 Å². The summed E-state index contributed by atoms with van der Waals surface area (Å²) in [6, 6.07) is 14.7. The van der Waals surface area contributed by atoms with Crippen LogP contribution in [0, 0.1) is 0 Å². The van der Waals surface area contributed by atoms with Crippen LogP contribution in [0.3, 0.4) is 0 Å². The van der Waals surface area contributed by atoms with E-state index in [1.54, 1.807) is 10.6 Å². The maximum atomic E-state index is 13.8. The lowest BCUT2D eigenvalue weighted by Crippen LogP contribution is -2.57. The number of methoxy groups -OCH3 is 1. The number of fused-ring (bicyclic) bond motifs is 10. The average Bonchev–Trinajstić information content (AvgIpc) is 3.59. The van der Waals surface area contributed by atoms with Crippen molar-refractivity contribution in [2.24, 2.45) is 0 Å². The molecule has 11 nitrogen and oxygen atoms in total. The van der Waals surface area contributed by atoms with Gasteiger partial charge in [-0.05, 0) is 12.1 Å². The molecule has 0 radical (unpaired) electrons. The van der Waals surface area contributed by atoms with Crippen LogP contribution in [-0.4, -0.2) is 98.0 Å². The van der Waals surface area contributed by atoms with Crippen molar-refractivity contribution in [1.29, 1.82) is 0 Å². The SMILES string of the molecule is CO[C@H]1[C@H](O)[C@@H](O)C(n2c3ccccc3c3c4c(c5c6ccccc6[nH]c5c32)C(=O)N(CCO)C4=O)O[C@@H]1CO. The highest BCUT2D eigenvalue weighted by Crippen LogP contribution is 2.47. The molecule has 2 aromatic heterocycles. The van der Waals surface area contributed by atoms with E-state index in [4.69, 9.17) is 9.47 Å². The van der Waals surface area contributed by atoms with Gasteiger partial charge in [-0.3, -0.25) is 14.5 Å². The van der Waals surface area contributed by atoms with Gasteiger partial charge in [-0.2, -0.15) is 0 Å². The molecule has 0 aliphatic carbocycles. The maximum Gasteiger partial charge on any atom is 0.262 e. The quantitative estimate of drug-likeness (QED) is 0.209. The van der Waals surface area contributed by atoms with Crippen LogP contribution in [0.25, 0.3) is 43.6 Å². The number of hydrogen-bond donors (Lipinski definition) is 5. The fraction of sp³-hybridized carbons (Fsp3) is 0.310. The summed E-state index contributed by atoms with van der Waals surface area (Å²) in [7, 11) is 1.37. The van der Waals surface area contributed by atoms with Crippen LogP contribution in [-0.2, 0) is 9.47 Å². The number of carbonyl (C=O) groups is 2. The van der Waals surface area contributed by atoms with E-state index in [9.17, 15) is 30.0 Å². The largest absolute Gasteiger partial charge is 0.395 e. The van der Waals surface area contributed by atoms with Crippen LogP contribution in [0.5, 0.6) is 0 Å². The highest BCUT2D eigenvalue weighted by atomic mass is 16.6. The number of rotatable bonds is 5. The van der Waals surface area contributed by atoms with Crippen LogP contribution in [0.2, 0.25) is 0 Å². The summed E-state index contributed by atoms with van der Waals surface area (Å²) in [5.41, 5.74) is 2.84. The molecule has 5 atom stereocenters. The van der Waals surface area contributed by atoms with Crippen molar-refractivity contribution < 1.29 is 39.5 Å². The second kappa shape index (κ2) is 9.10. The van der Waals surface area contributed by atoms with E-state index in [0.29, 0.717) is 32.7 Å². The second-order valence-electron chi connectivity index (χ2n) is 10.2. The first-order valence-electron chi connectivity index (χ1n) is 13.0. The molecule has 3 aromatic carbocycles. The number of ether oxygens (including phenoxy) is 2. The minimum atomic E-state index is -1.46. The number of hydrogen-bond acceptors (Lipinski definition) is 8. The van der Waals surface area contributed by atoms with Gasteiger partial charge in [0, 0.05) is 34.2 Å². The summed E-state index contributed by atoms with van der Waals surface area (Å²) in [6.45, 7) is -0.990. The summed E-state index contributed by atoms with van der Waals surface area (Å²) >= 11 is 0. The number of carbonyl (C=O) groups excluding carboxylic acids is 2. The summed E-state index contributed by atoms with van der Waals surface area (Å²) in [4.78, 5) is 32.0. The molecule has 2 aliphatic rings. The third kappa shape index (κ3) is 3.15. The number of amides is 2. The Kier molecular flexibility index (Phi) is 5.72. The lowest BCUT2D eigenvalue weighted by atomic mass is 9.96. The first-order valence-corrected chi connectivity index (χ1v) is 13.0. The molecule has 5 aromatic rings. The van der Waals surface area contributed by atoms with Gasteiger partial charge < -0.3 is 39.5 Å². The van der Waals surface area contributed by atoms with Crippen molar-refractivity contribution in [2.45, 2.75) is 30.6 Å². The minimum absolute atomic E-state index is 0.149. The van der Waals surface area contributed by atoms with Gasteiger partial charge in [-0.1, -0.05) is 36.4 Å². The van der Waals surface area contributed by atoms with Crippen molar-refractivity contribution in [1.82, 2.24) is 14.5 Å². The molecule has 1 saturated heterocycles. The third-order valence-electron chi connectivity index (χ3n) is 8.21. The first kappa shape index (κ1) is 25.1. The molecule has 11 heteroatoms. The molecule has 5 N–H and O–H groups in total. The summed E-state index contributed by atoms with van der Waals surface area (Å²) < 4.78 is 13.3. The van der Waals surface area contributed by atoms with Gasteiger partial charge in [0.2, 0.25) is 0 Å². The molecule has 1 fully saturated rings. The molecule has 40 heavy (non-hydrogen) atoms. The van der Waals surface area contributed by atoms with Crippen LogP contribution < -0.4 is 0 Å². The van der Waals surface area contributed by atoms with Crippen molar-refractivity contribution >= 4 is 55.4 Å². The zero-order chi connectivity index (χ0) is 27.9. The molecule has 2 aliphatic heterocycles. The van der Waals surface area contributed by atoms with E-state index in [1.807, 2.05) is 42.5 Å². The smallest absolute Gasteiger partial charge is 0.262 e. The number of β-amino-alcohol motifs (C(OH)–C–C–N with tert-alkyl or cyclic N) is 1. The number of imide groups is 1. The highest BCUT2D eigenvalue weighted by Gasteiger charge is 2.47. The fourth-order valence-electron chi connectivity index (χ4n) is 6.52. The Morgan fingerprint density at radius 3 is 2.30 bits per heavy atom. The minimum Gasteiger partial charge on any atom is -0.395 e. The number of aliphatic hydroxyl groups excluding tert-OH is 4. The zero-order valence-corrected chi connectivity index (χ0v) is 21.4.